The number of nitrogens with zero attached hydrogens (tertiary/aromatic N) is 4. The standard InChI is InChI=1S/C41H46N4O5Si/c1-28-36(49-39(22-24-44-27-30(23-25-46)42-43-44)40(28)51(3,4)33-19-17-32(48-2)18-20-33)21-16-29-10-9-11-31(26-29)45-35-13-6-8-15-38(35)50-37-14-7-5-12-34(37)41(45)47/h5-15,17-20,26-28,36,39-40,46H,16,21-25H2,1-4H3/t28-,36+,39-,40+/m1/s1. The summed E-state index contributed by atoms with van der Waals surface area (Å²) in [6.45, 7) is 8.05. The molecular formula is C41H46N4O5Si. The topological polar surface area (TPSA) is 98.9 Å². The van der Waals surface area contributed by atoms with E-state index in [0.717, 1.165) is 47.6 Å². The van der Waals surface area contributed by atoms with Crippen LogP contribution in [0.4, 0.5) is 11.4 Å². The lowest BCUT2D eigenvalue weighted by Crippen LogP contribution is -2.50. The number of ether oxygens (including phenoxy) is 3. The van der Waals surface area contributed by atoms with E-state index in [2.05, 4.69) is 66.7 Å². The van der Waals surface area contributed by atoms with Gasteiger partial charge in [-0.1, -0.05) is 78.9 Å². The van der Waals surface area contributed by atoms with E-state index < -0.39 is 8.07 Å². The van der Waals surface area contributed by atoms with Crippen molar-refractivity contribution in [2.45, 2.75) is 70.0 Å². The summed E-state index contributed by atoms with van der Waals surface area (Å²) in [4.78, 5) is 15.8. The molecule has 0 saturated carbocycles. The summed E-state index contributed by atoms with van der Waals surface area (Å²) < 4.78 is 20.6. The van der Waals surface area contributed by atoms with E-state index in [0.29, 0.717) is 41.5 Å². The molecule has 1 aromatic heterocycles. The first kappa shape index (κ1) is 34.7. The Kier molecular flexibility index (Phi) is 10.1. The highest BCUT2D eigenvalue weighted by atomic mass is 28.3. The third-order valence-electron chi connectivity index (χ3n) is 10.7. The second-order valence-corrected chi connectivity index (χ2v) is 18.9. The Labute approximate surface area is 300 Å². The third-order valence-corrected chi connectivity index (χ3v) is 15.1. The van der Waals surface area contributed by atoms with Crippen LogP contribution in [-0.4, -0.2) is 60.0 Å². The molecule has 10 heteroatoms. The van der Waals surface area contributed by atoms with Crippen LogP contribution in [0.15, 0.2) is 103 Å². The highest BCUT2D eigenvalue weighted by molar-refractivity contribution is 6.91. The molecule has 0 spiro atoms. The van der Waals surface area contributed by atoms with Gasteiger partial charge in [0.25, 0.3) is 5.91 Å². The van der Waals surface area contributed by atoms with Crippen molar-refractivity contribution in [3.05, 3.63) is 120 Å². The number of aliphatic hydroxyl groups is 1. The maximum Gasteiger partial charge on any atom is 0.266 e. The molecule has 1 amide bonds. The summed E-state index contributed by atoms with van der Waals surface area (Å²) in [6.07, 6.45) is 5.09. The number of hydrogen-bond donors (Lipinski definition) is 1. The van der Waals surface area contributed by atoms with Gasteiger partial charge in [0.2, 0.25) is 0 Å². The van der Waals surface area contributed by atoms with Crippen molar-refractivity contribution in [1.82, 2.24) is 15.0 Å². The molecule has 2 aliphatic rings. The molecule has 3 heterocycles. The Hall–Kier alpha value is -4.77. The number of anilines is 2. The van der Waals surface area contributed by atoms with Gasteiger partial charge in [0.1, 0.15) is 11.5 Å². The fraction of sp³-hybridized carbons (Fsp3) is 0.341. The normalized spacial score (nSPS) is 20.0. The van der Waals surface area contributed by atoms with Gasteiger partial charge in [0.05, 0.1) is 44.3 Å². The largest absolute Gasteiger partial charge is 0.497 e. The second kappa shape index (κ2) is 14.8. The Morgan fingerprint density at radius 1 is 0.882 bits per heavy atom. The van der Waals surface area contributed by atoms with Gasteiger partial charge in [0, 0.05) is 31.5 Å². The summed E-state index contributed by atoms with van der Waals surface area (Å²) in [5.41, 5.74) is 4.39. The maximum atomic E-state index is 14.0. The van der Waals surface area contributed by atoms with Gasteiger partial charge >= 0.3 is 0 Å². The van der Waals surface area contributed by atoms with Crippen LogP contribution in [0, 0.1) is 5.92 Å². The number of rotatable bonds is 12. The lowest BCUT2D eigenvalue weighted by molar-refractivity contribution is 0.0249. The fourth-order valence-electron chi connectivity index (χ4n) is 8.08. The van der Waals surface area contributed by atoms with E-state index in [1.54, 1.807) is 12.0 Å². The monoisotopic (exact) mass is 702 g/mol. The van der Waals surface area contributed by atoms with Gasteiger partial charge in [-0.25, -0.2) is 0 Å². The minimum Gasteiger partial charge on any atom is -0.497 e. The van der Waals surface area contributed by atoms with Crippen LogP contribution >= 0.6 is 0 Å². The van der Waals surface area contributed by atoms with E-state index in [1.807, 2.05) is 71.5 Å². The minimum atomic E-state index is -2.03. The zero-order valence-corrected chi connectivity index (χ0v) is 30.7. The lowest BCUT2D eigenvalue weighted by atomic mass is 9.95. The summed E-state index contributed by atoms with van der Waals surface area (Å²) in [5, 5.41) is 19.3. The van der Waals surface area contributed by atoms with E-state index >= 15 is 0 Å². The molecule has 4 atom stereocenters. The molecule has 51 heavy (non-hydrogen) atoms. The fourth-order valence-corrected chi connectivity index (χ4v) is 12.2. The van der Waals surface area contributed by atoms with Crippen molar-refractivity contribution in [3.8, 4) is 17.2 Å². The molecule has 264 valence electrons. The number of amides is 1. The molecule has 7 rings (SSSR count). The minimum absolute atomic E-state index is 0.0558. The number of aliphatic hydroxyl groups excluding tert-OH is 1. The molecule has 2 aliphatic heterocycles. The zero-order chi connectivity index (χ0) is 35.5. The molecule has 1 fully saturated rings. The summed E-state index contributed by atoms with van der Waals surface area (Å²) in [5.74, 6) is 2.29. The molecule has 0 unspecified atom stereocenters. The first-order valence-corrected chi connectivity index (χ1v) is 20.9. The first-order valence-electron chi connectivity index (χ1n) is 17.9. The van der Waals surface area contributed by atoms with E-state index in [4.69, 9.17) is 14.2 Å². The Morgan fingerprint density at radius 3 is 2.43 bits per heavy atom. The van der Waals surface area contributed by atoms with Gasteiger partial charge in [-0.15, -0.1) is 5.10 Å². The van der Waals surface area contributed by atoms with Crippen molar-refractivity contribution in [2.75, 3.05) is 18.6 Å². The second-order valence-electron chi connectivity index (χ2n) is 14.2. The van der Waals surface area contributed by atoms with Crippen LogP contribution in [0.5, 0.6) is 17.2 Å². The molecule has 5 aromatic rings. The predicted molar refractivity (Wildman–Crippen MR) is 201 cm³/mol. The Balaban J connectivity index is 1.12. The molecule has 0 aliphatic carbocycles. The maximum absolute atomic E-state index is 14.0. The Morgan fingerprint density at radius 2 is 1.65 bits per heavy atom. The summed E-state index contributed by atoms with van der Waals surface area (Å²) in [7, 11) is -0.322. The van der Waals surface area contributed by atoms with Crippen molar-refractivity contribution in [1.29, 1.82) is 0 Å². The summed E-state index contributed by atoms with van der Waals surface area (Å²) in [6, 6.07) is 32.0. The average molecular weight is 703 g/mol. The quantitative estimate of drug-likeness (QED) is 0.136. The number of carbonyl (C=O) groups excluding carboxylic acids is 1. The SMILES string of the molecule is COc1ccc([Si](C)(C)[C@H]2[C@H](C)[C@H](CCc3cccc(N4C(=O)c5ccccc5Oc5ccccc54)c3)O[C@@H]2CCn2cc(CCO)nn2)cc1. The lowest BCUT2D eigenvalue weighted by Gasteiger charge is -2.36. The predicted octanol–water partition coefficient (Wildman–Crippen LogP) is 7.32. The van der Waals surface area contributed by atoms with Crippen LogP contribution < -0.4 is 19.6 Å². The smallest absolute Gasteiger partial charge is 0.266 e. The number of benzene rings is 4. The molecule has 0 radical (unpaired) electrons. The molecule has 0 bridgehead atoms. The van der Waals surface area contributed by atoms with Gasteiger partial charge in [-0.05, 0) is 84.8 Å². The molecule has 1 N–H and O–H groups in total. The van der Waals surface area contributed by atoms with Crippen LogP contribution in [-0.2, 0) is 24.1 Å². The number of aryl methyl sites for hydroxylation is 2. The Bertz CT molecular complexity index is 1980. The molecule has 1 saturated heterocycles. The highest BCUT2D eigenvalue weighted by Crippen LogP contribution is 2.47. The van der Waals surface area contributed by atoms with Crippen LogP contribution in [0.1, 0.15) is 41.4 Å². The van der Waals surface area contributed by atoms with Crippen LogP contribution in [0.25, 0.3) is 0 Å². The van der Waals surface area contributed by atoms with E-state index in [1.165, 1.54) is 5.19 Å². The van der Waals surface area contributed by atoms with Crippen molar-refractivity contribution < 1.29 is 24.1 Å². The third kappa shape index (κ3) is 7.08. The van der Waals surface area contributed by atoms with E-state index in [9.17, 15) is 9.90 Å². The summed E-state index contributed by atoms with van der Waals surface area (Å²) >= 11 is 0. The van der Waals surface area contributed by atoms with Gasteiger partial charge < -0.3 is 19.3 Å². The number of aromatic nitrogens is 3. The molecule has 9 nitrogen and oxygen atoms in total. The van der Waals surface area contributed by atoms with Crippen LogP contribution in [0.2, 0.25) is 18.6 Å². The van der Waals surface area contributed by atoms with Gasteiger partial charge in [0.15, 0.2) is 5.75 Å². The van der Waals surface area contributed by atoms with Gasteiger partial charge in [-0.2, -0.15) is 0 Å². The number of methoxy groups -OCH3 is 1. The average Bonchev–Trinajstić information content (AvgIpc) is 3.70. The van der Waals surface area contributed by atoms with Gasteiger partial charge in [-0.3, -0.25) is 14.4 Å². The molecule has 4 aromatic carbocycles. The first-order chi connectivity index (χ1) is 24.8. The van der Waals surface area contributed by atoms with Crippen molar-refractivity contribution >= 4 is 30.5 Å². The number of para-hydroxylation sites is 3. The van der Waals surface area contributed by atoms with Crippen molar-refractivity contribution in [2.24, 2.45) is 5.92 Å². The zero-order valence-electron chi connectivity index (χ0n) is 29.7. The number of hydrogen-bond acceptors (Lipinski definition) is 7. The number of carbonyl (C=O) groups is 1. The molecular weight excluding hydrogens is 657 g/mol. The van der Waals surface area contributed by atoms with Crippen LogP contribution in [0.3, 0.4) is 0 Å². The number of fused-ring (bicyclic) bond motifs is 2. The van der Waals surface area contributed by atoms with E-state index in [-0.39, 0.29) is 24.7 Å². The highest BCUT2D eigenvalue weighted by Gasteiger charge is 2.50. The van der Waals surface area contributed by atoms with Crippen molar-refractivity contribution in [3.63, 3.8) is 0 Å².